The lowest BCUT2D eigenvalue weighted by molar-refractivity contribution is 0.192. The first-order chi connectivity index (χ1) is 13.6. The topological polar surface area (TPSA) is 88.1 Å². The van der Waals surface area contributed by atoms with Gasteiger partial charge in [0.15, 0.2) is 0 Å². The Morgan fingerprint density at radius 3 is 2.82 bits per heavy atom. The van der Waals surface area contributed by atoms with Gasteiger partial charge in [-0.25, -0.2) is 9.48 Å². The zero-order chi connectivity index (χ0) is 19.5. The lowest BCUT2D eigenvalue weighted by Crippen LogP contribution is -2.42. The van der Waals surface area contributed by atoms with Crippen molar-refractivity contribution in [3.8, 4) is 11.4 Å². The molecule has 146 valence electrons. The van der Waals surface area contributed by atoms with Crippen LogP contribution in [0.4, 0.5) is 10.6 Å². The number of likely N-dealkylation sites (tertiary alicyclic amines) is 1. The molecule has 1 atom stereocenters. The molecule has 1 aromatic carbocycles. The monoisotopic (exact) mass is 380 g/mol. The third-order valence-electron chi connectivity index (χ3n) is 5.05. The maximum absolute atomic E-state index is 12.9. The summed E-state index contributed by atoms with van der Waals surface area (Å²) in [5, 5.41) is 14.6. The van der Waals surface area contributed by atoms with E-state index in [9.17, 15) is 4.79 Å². The largest absolute Gasteiger partial charge is 0.497 e. The number of aromatic nitrogens is 4. The molecule has 0 saturated carbocycles. The molecule has 1 aliphatic heterocycles. The average Bonchev–Trinajstić information content (AvgIpc) is 3.38. The van der Waals surface area contributed by atoms with Crippen LogP contribution in [0.5, 0.6) is 5.75 Å². The van der Waals surface area contributed by atoms with Crippen LogP contribution in [0.1, 0.15) is 30.1 Å². The number of H-pyrrole nitrogens is 1. The van der Waals surface area contributed by atoms with Crippen molar-refractivity contribution in [1.82, 2.24) is 24.9 Å². The van der Waals surface area contributed by atoms with Gasteiger partial charge in [-0.1, -0.05) is 0 Å². The molecule has 3 heterocycles. The minimum atomic E-state index is -0.112. The first kappa shape index (κ1) is 18.1. The number of urea groups is 1. The van der Waals surface area contributed by atoms with Gasteiger partial charge in [0.25, 0.3) is 0 Å². The molecule has 8 nitrogen and oxygen atoms in total. The maximum Gasteiger partial charge on any atom is 0.323 e. The van der Waals surface area contributed by atoms with Crippen LogP contribution in [0.25, 0.3) is 5.69 Å². The lowest BCUT2D eigenvalue weighted by Gasteiger charge is -2.32. The Kier molecular flexibility index (Phi) is 5.01. The van der Waals surface area contributed by atoms with Crippen LogP contribution in [0, 0.1) is 6.92 Å². The van der Waals surface area contributed by atoms with Crippen molar-refractivity contribution in [2.45, 2.75) is 25.7 Å². The van der Waals surface area contributed by atoms with E-state index in [1.165, 1.54) is 0 Å². The molecule has 28 heavy (non-hydrogen) atoms. The zero-order valence-corrected chi connectivity index (χ0v) is 16.1. The Balaban J connectivity index is 1.50. The van der Waals surface area contributed by atoms with E-state index in [0.29, 0.717) is 12.4 Å². The fourth-order valence-corrected chi connectivity index (χ4v) is 3.61. The second kappa shape index (κ2) is 7.75. The van der Waals surface area contributed by atoms with Crippen molar-refractivity contribution < 1.29 is 9.53 Å². The van der Waals surface area contributed by atoms with Gasteiger partial charge in [-0.15, -0.1) is 0 Å². The average molecular weight is 380 g/mol. The summed E-state index contributed by atoms with van der Waals surface area (Å²) in [4.78, 5) is 14.8. The Morgan fingerprint density at radius 2 is 2.11 bits per heavy atom. The number of hydrogen-bond donors (Lipinski definition) is 2. The molecule has 0 spiro atoms. The highest BCUT2D eigenvalue weighted by atomic mass is 16.5. The molecule has 2 amide bonds. The quantitative estimate of drug-likeness (QED) is 0.727. The summed E-state index contributed by atoms with van der Waals surface area (Å²) < 4.78 is 6.95. The molecular formula is C20H24N6O2. The summed E-state index contributed by atoms with van der Waals surface area (Å²) in [7, 11) is 1.63. The highest BCUT2D eigenvalue weighted by Crippen LogP contribution is 2.26. The Bertz CT molecular complexity index is 932. The number of nitrogens with zero attached hydrogens (tertiary/aromatic N) is 4. The van der Waals surface area contributed by atoms with E-state index in [0.717, 1.165) is 42.2 Å². The zero-order valence-electron chi connectivity index (χ0n) is 16.1. The standard InChI is InChI=1S/C20H24N6O2/c1-14-12-19(26(24-14)16-5-7-17(28-2)8-6-16)22-20(27)25-11-3-4-15(13-25)18-9-10-21-23-18/h5-10,12,15H,3-4,11,13H2,1-2H3,(H,21,23)(H,22,27). The van der Waals surface area contributed by atoms with E-state index in [4.69, 9.17) is 4.74 Å². The molecule has 8 heteroatoms. The molecule has 0 aliphatic carbocycles. The SMILES string of the molecule is COc1ccc(-n2nc(C)cc2NC(=O)N2CCCC(c3ccn[nH]3)C2)cc1. The Hall–Kier alpha value is -3.29. The molecule has 1 unspecified atom stereocenters. The molecule has 1 aliphatic rings. The van der Waals surface area contributed by atoms with E-state index in [2.05, 4.69) is 20.6 Å². The molecular weight excluding hydrogens is 356 g/mol. The van der Waals surface area contributed by atoms with Crippen LogP contribution in [0.15, 0.2) is 42.6 Å². The third-order valence-corrected chi connectivity index (χ3v) is 5.05. The predicted octanol–water partition coefficient (Wildman–Crippen LogP) is 3.32. The summed E-state index contributed by atoms with van der Waals surface area (Å²) in [6.45, 7) is 3.32. The van der Waals surface area contributed by atoms with Crippen LogP contribution < -0.4 is 10.1 Å². The molecule has 3 aromatic rings. The molecule has 4 rings (SSSR count). The van der Waals surface area contributed by atoms with Crippen molar-refractivity contribution in [3.63, 3.8) is 0 Å². The van der Waals surface area contributed by atoms with Gasteiger partial charge < -0.3 is 9.64 Å². The normalized spacial score (nSPS) is 16.8. The summed E-state index contributed by atoms with van der Waals surface area (Å²) >= 11 is 0. The van der Waals surface area contributed by atoms with Crippen LogP contribution in [-0.4, -0.2) is 51.1 Å². The van der Waals surface area contributed by atoms with Gasteiger partial charge in [-0.05, 0) is 50.1 Å². The summed E-state index contributed by atoms with van der Waals surface area (Å²) in [6, 6.07) is 11.3. The maximum atomic E-state index is 12.9. The minimum Gasteiger partial charge on any atom is -0.497 e. The van der Waals surface area contributed by atoms with Crippen molar-refractivity contribution in [3.05, 3.63) is 54.0 Å². The van der Waals surface area contributed by atoms with Gasteiger partial charge >= 0.3 is 6.03 Å². The molecule has 0 bridgehead atoms. The third kappa shape index (κ3) is 3.71. The molecule has 2 aromatic heterocycles. The number of amides is 2. The number of hydrogen-bond acceptors (Lipinski definition) is 4. The molecule has 2 N–H and O–H groups in total. The Morgan fingerprint density at radius 1 is 1.29 bits per heavy atom. The first-order valence-corrected chi connectivity index (χ1v) is 9.40. The molecule has 1 fully saturated rings. The Labute approximate surface area is 163 Å². The number of methoxy groups -OCH3 is 1. The van der Waals surface area contributed by atoms with Gasteiger partial charge in [0.05, 0.1) is 18.5 Å². The number of ether oxygens (including phenoxy) is 1. The van der Waals surface area contributed by atoms with Crippen molar-refractivity contribution in [1.29, 1.82) is 0 Å². The van der Waals surface area contributed by atoms with Crippen molar-refractivity contribution >= 4 is 11.8 Å². The fourth-order valence-electron chi connectivity index (χ4n) is 3.61. The number of rotatable bonds is 4. The number of carbonyl (C=O) groups excluding carboxylic acids is 1. The van der Waals surface area contributed by atoms with E-state index >= 15 is 0 Å². The second-order valence-corrected chi connectivity index (χ2v) is 7.01. The van der Waals surface area contributed by atoms with Crippen LogP contribution in [-0.2, 0) is 0 Å². The first-order valence-electron chi connectivity index (χ1n) is 9.40. The minimum absolute atomic E-state index is 0.112. The number of carbonyl (C=O) groups is 1. The summed E-state index contributed by atoms with van der Waals surface area (Å²) in [5.41, 5.74) is 2.77. The number of anilines is 1. The number of piperidine rings is 1. The van der Waals surface area contributed by atoms with E-state index < -0.39 is 0 Å². The number of aromatic amines is 1. The van der Waals surface area contributed by atoms with Gasteiger partial charge in [-0.3, -0.25) is 10.4 Å². The summed E-state index contributed by atoms with van der Waals surface area (Å²) in [5.74, 6) is 1.71. The van der Waals surface area contributed by atoms with Gasteiger partial charge in [0.2, 0.25) is 0 Å². The summed E-state index contributed by atoms with van der Waals surface area (Å²) in [6.07, 6.45) is 3.77. The van der Waals surface area contributed by atoms with Crippen molar-refractivity contribution in [2.24, 2.45) is 0 Å². The van der Waals surface area contributed by atoms with Gasteiger partial charge in [-0.2, -0.15) is 10.2 Å². The second-order valence-electron chi connectivity index (χ2n) is 7.01. The lowest BCUT2D eigenvalue weighted by atomic mass is 9.95. The van der Waals surface area contributed by atoms with Gasteiger partial charge in [0, 0.05) is 37.0 Å². The van der Waals surface area contributed by atoms with Crippen LogP contribution in [0.3, 0.4) is 0 Å². The van der Waals surface area contributed by atoms with E-state index in [1.807, 2.05) is 48.2 Å². The number of aryl methyl sites for hydroxylation is 1. The van der Waals surface area contributed by atoms with Crippen LogP contribution in [0.2, 0.25) is 0 Å². The smallest absolute Gasteiger partial charge is 0.323 e. The van der Waals surface area contributed by atoms with Crippen LogP contribution >= 0.6 is 0 Å². The highest BCUT2D eigenvalue weighted by Gasteiger charge is 2.26. The molecule has 1 saturated heterocycles. The molecule has 0 radical (unpaired) electrons. The number of nitrogens with one attached hydrogen (secondary N) is 2. The van der Waals surface area contributed by atoms with E-state index in [1.54, 1.807) is 18.0 Å². The number of benzene rings is 1. The fraction of sp³-hybridized carbons (Fsp3) is 0.350. The predicted molar refractivity (Wildman–Crippen MR) is 106 cm³/mol. The van der Waals surface area contributed by atoms with Gasteiger partial charge in [0.1, 0.15) is 11.6 Å². The van der Waals surface area contributed by atoms with E-state index in [-0.39, 0.29) is 11.9 Å². The van der Waals surface area contributed by atoms with Crippen molar-refractivity contribution in [2.75, 3.05) is 25.5 Å². The highest BCUT2D eigenvalue weighted by molar-refractivity contribution is 5.89.